The van der Waals surface area contributed by atoms with Crippen molar-refractivity contribution in [3.05, 3.63) is 30.3 Å². The van der Waals surface area contributed by atoms with Crippen molar-refractivity contribution in [1.29, 1.82) is 0 Å². The van der Waals surface area contributed by atoms with E-state index in [0.29, 0.717) is 17.3 Å². The van der Waals surface area contributed by atoms with Crippen molar-refractivity contribution in [2.75, 3.05) is 12.3 Å². The quantitative estimate of drug-likeness (QED) is 0.497. The zero-order valence-electron chi connectivity index (χ0n) is 19.3. The average molecular weight is 478 g/mol. The molecule has 1 saturated heterocycles. The molecule has 4 N–H and O–H groups in total. The fraction of sp³-hybridized carbons (Fsp3) is 0.500. The number of nitrogens with one attached hydrogen (secondary N) is 1. The molecule has 1 aliphatic rings. The van der Waals surface area contributed by atoms with Crippen LogP contribution in [0.15, 0.2) is 35.3 Å². The molecule has 2 rings (SSSR count). The van der Waals surface area contributed by atoms with Crippen LogP contribution < -0.4 is 11.1 Å². The Morgan fingerprint density at radius 3 is 2.45 bits per heavy atom. The largest absolute Gasteiger partial charge is 0.465 e. The van der Waals surface area contributed by atoms with Crippen molar-refractivity contribution in [1.82, 2.24) is 15.1 Å². The first-order chi connectivity index (χ1) is 15.4. The highest BCUT2D eigenvalue weighted by Gasteiger charge is 2.36. The number of amidine groups is 1. The number of para-hydroxylation sites is 1. The van der Waals surface area contributed by atoms with Gasteiger partial charge in [-0.3, -0.25) is 19.3 Å². The Balaban J connectivity index is 2.05. The number of carbonyl (C=O) groups excluding carboxylic acids is 3. The smallest absolute Gasteiger partial charge is 0.407 e. The van der Waals surface area contributed by atoms with Gasteiger partial charge < -0.3 is 21.1 Å². The molecule has 2 atom stereocenters. The van der Waals surface area contributed by atoms with E-state index >= 15 is 0 Å². The standard InChI is InChI=1S/C22H31N5O5S/c1-14(27-17(28)13-33-20(27)24-15-9-6-5-7-10-15)19(30)25-16(18(23)29)11-8-12-26(21(31)32)22(2,3)4/h5-7,9-10,14,16H,8,11-13H2,1-4H3,(H2,23,29)(H,25,30)(H,31,32)/t14-,16-/m0/s1. The molecule has 0 aliphatic carbocycles. The lowest BCUT2D eigenvalue weighted by Crippen LogP contribution is -2.53. The Morgan fingerprint density at radius 2 is 1.91 bits per heavy atom. The summed E-state index contributed by atoms with van der Waals surface area (Å²) in [4.78, 5) is 55.8. The third-order valence-electron chi connectivity index (χ3n) is 5.12. The van der Waals surface area contributed by atoms with Crippen LogP contribution in [0.5, 0.6) is 0 Å². The second-order valence-electron chi connectivity index (χ2n) is 8.67. The van der Waals surface area contributed by atoms with Gasteiger partial charge in [-0.2, -0.15) is 0 Å². The number of amides is 4. The molecule has 11 heteroatoms. The Labute approximate surface area is 197 Å². The summed E-state index contributed by atoms with van der Waals surface area (Å²) in [6, 6.07) is 7.19. The second kappa shape index (κ2) is 11.2. The maximum atomic E-state index is 12.9. The van der Waals surface area contributed by atoms with E-state index in [1.54, 1.807) is 39.8 Å². The number of nitrogens with zero attached hydrogens (tertiary/aromatic N) is 3. The van der Waals surface area contributed by atoms with Gasteiger partial charge in [-0.25, -0.2) is 9.79 Å². The van der Waals surface area contributed by atoms with E-state index in [-0.39, 0.29) is 24.6 Å². The average Bonchev–Trinajstić information content (AvgIpc) is 3.08. The van der Waals surface area contributed by atoms with Crippen LogP contribution in [0.25, 0.3) is 0 Å². The number of thioether (sulfide) groups is 1. The zero-order chi connectivity index (χ0) is 24.8. The molecule has 10 nitrogen and oxygen atoms in total. The first-order valence-corrected chi connectivity index (χ1v) is 11.6. The molecular weight excluding hydrogens is 446 g/mol. The first-order valence-electron chi connectivity index (χ1n) is 10.6. The lowest BCUT2D eigenvalue weighted by Gasteiger charge is -2.33. The van der Waals surface area contributed by atoms with Gasteiger partial charge in [0.25, 0.3) is 0 Å². The second-order valence-corrected chi connectivity index (χ2v) is 9.61. The summed E-state index contributed by atoms with van der Waals surface area (Å²) in [6.45, 7) is 7.06. The van der Waals surface area contributed by atoms with Crippen molar-refractivity contribution < 1.29 is 24.3 Å². The number of hydrogen-bond donors (Lipinski definition) is 3. The molecule has 1 aromatic rings. The summed E-state index contributed by atoms with van der Waals surface area (Å²) < 4.78 is 0. The molecular formula is C22H31N5O5S. The van der Waals surface area contributed by atoms with Crippen LogP contribution in [0.2, 0.25) is 0 Å². The first kappa shape index (κ1) is 26.2. The summed E-state index contributed by atoms with van der Waals surface area (Å²) in [5.41, 5.74) is 5.52. The number of carbonyl (C=O) groups is 4. The number of benzene rings is 1. The summed E-state index contributed by atoms with van der Waals surface area (Å²) in [5, 5.41) is 12.4. The van der Waals surface area contributed by atoms with Gasteiger partial charge in [-0.05, 0) is 52.7 Å². The van der Waals surface area contributed by atoms with Crippen molar-refractivity contribution in [3.8, 4) is 0 Å². The number of rotatable bonds is 9. The van der Waals surface area contributed by atoms with Gasteiger partial charge in [-0.1, -0.05) is 30.0 Å². The molecule has 33 heavy (non-hydrogen) atoms. The van der Waals surface area contributed by atoms with E-state index in [2.05, 4.69) is 10.3 Å². The molecule has 0 unspecified atom stereocenters. The topological polar surface area (TPSA) is 145 Å². The number of nitrogens with two attached hydrogens (primary N) is 1. The fourth-order valence-electron chi connectivity index (χ4n) is 3.32. The maximum absolute atomic E-state index is 12.9. The number of carboxylic acid groups (broad SMARTS) is 1. The minimum Gasteiger partial charge on any atom is -0.465 e. The SMILES string of the molecule is C[C@@H](C(=O)N[C@@H](CCCN(C(=O)O)C(C)(C)C)C(N)=O)N1C(=O)CSC1=Nc1ccccc1. The highest BCUT2D eigenvalue weighted by atomic mass is 32.2. The van der Waals surface area contributed by atoms with Crippen LogP contribution in [0.3, 0.4) is 0 Å². The van der Waals surface area contributed by atoms with Gasteiger partial charge in [0.05, 0.1) is 11.4 Å². The van der Waals surface area contributed by atoms with Crippen molar-refractivity contribution >= 4 is 46.4 Å². The maximum Gasteiger partial charge on any atom is 0.407 e. The third kappa shape index (κ3) is 7.21. The normalized spacial score (nSPS) is 17.0. The monoisotopic (exact) mass is 477 g/mol. The van der Waals surface area contributed by atoms with Crippen LogP contribution in [-0.4, -0.2) is 73.8 Å². The third-order valence-corrected chi connectivity index (χ3v) is 6.06. The molecule has 0 radical (unpaired) electrons. The molecule has 1 aliphatic heterocycles. The number of aliphatic imine (C=N–C) groups is 1. The molecule has 4 amide bonds. The summed E-state index contributed by atoms with van der Waals surface area (Å²) in [5.74, 6) is -1.36. The van der Waals surface area contributed by atoms with Crippen molar-refractivity contribution in [2.45, 2.75) is 58.2 Å². The predicted molar refractivity (Wildman–Crippen MR) is 127 cm³/mol. The lowest BCUT2D eigenvalue weighted by molar-refractivity contribution is -0.134. The van der Waals surface area contributed by atoms with E-state index in [0.717, 1.165) is 0 Å². The molecule has 1 fully saturated rings. The molecule has 1 heterocycles. The van der Waals surface area contributed by atoms with Gasteiger partial charge in [0.15, 0.2) is 5.17 Å². The van der Waals surface area contributed by atoms with Gasteiger partial charge in [-0.15, -0.1) is 0 Å². The van der Waals surface area contributed by atoms with Gasteiger partial charge in [0.1, 0.15) is 12.1 Å². The zero-order valence-corrected chi connectivity index (χ0v) is 20.1. The summed E-state index contributed by atoms with van der Waals surface area (Å²) in [6.07, 6.45) is -0.571. The van der Waals surface area contributed by atoms with E-state index < -0.39 is 35.5 Å². The Bertz CT molecular complexity index is 916. The molecule has 0 spiro atoms. The van der Waals surface area contributed by atoms with Crippen LogP contribution in [-0.2, 0) is 14.4 Å². The van der Waals surface area contributed by atoms with Crippen LogP contribution in [0.4, 0.5) is 10.5 Å². The minimum atomic E-state index is -1.06. The van der Waals surface area contributed by atoms with Gasteiger partial charge in [0, 0.05) is 12.1 Å². The lowest BCUT2D eigenvalue weighted by atomic mass is 10.0. The highest BCUT2D eigenvalue weighted by Crippen LogP contribution is 2.25. The Morgan fingerprint density at radius 1 is 1.27 bits per heavy atom. The van der Waals surface area contributed by atoms with Gasteiger partial charge in [0.2, 0.25) is 17.7 Å². The molecule has 180 valence electrons. The predicted octanol–water partition coefficient (Wildman–Crippen LogP) is 2.17. The summed E-state index contributed by atoms with van der Waals surface area (Å²) in [7, 11) is 0. The highest BCUT2D eigenvalue weighted by molar-refractivity contribution is 8.15. The van der Waals surface area contributed by atoms with Crippen LogP contribution in [0.1, 0.15) is 40.5 Å². The molecule has 0 aromatic heterocycles. The molecule has 0 saturated carbocycles. The Kier molecular flexibility index (Phi) is 8.86. The van der Waals surface area contributed by atoms with Crippen LogP contribution in [0, 0.1) is 0 Å². The van der Waals surface area contributed by atoms with Crippen LogP contribution >= 0.6 is 11.8 Å². The Hall–Kier alpha value is -3.08. The fourth-order valence-corrected chi connectivity index (χ4v) is 4.28. The minimum absolute atomic E-state index is 0.167. The summed E-state index contributed by atoms with van der Waals surface area (Å²) >= 11 is 1.24. The molecule has 0 bridgehead atoms. The van der Waals surface area contributed by atoms with E-state index in [1.807, 2.05) is 18.2 Å². The van der Waals surface area contributed by atoms with Crippen molar-refractivity contribution in [2.24, 2.45) is 10.7 Å². The number of hydrogen-bond acceptors (Lipinski definition) is 6. The van der Waals surface area contributed by atoms with E-state index in [1.165, 1.54) is 21.6 Å². The van der Waals surface area contributed by atoms with E-state index in [4.69, 9.17) is 5.73 Å². The number of primary amides is 1. The van der Waals surface area contributed by atoms with E-state index in [9.17, 15) is 24.3 Å². The van der Waals surface area contributed by atoms with Crippen molar-refractivity contribution in [3.63, 3.8) is 0 Å². The van der Waals surface area contributed by atoms with Gasteiger partial charge >= 0.3 is 6.09 Å². The molecule has 1 aromatic carbocycles.